The molecule has 4 heteroatoms. The molecule has 0 saturated carbocycles. The molecule has 0 radical (unpaired) electrons. The van der Waals surface area contributed by atoms with Gasteiger partial charge in [-0.3, -0.25) is 0 Å². The van der Waals surface area contributed by atoms with E-state index in [1.54, 1.807) is 0 Å². The highest BCUT2D eigenvalue weighted by atomic mass is 35.5. The zero-order valence-corrected chi connectivity index (χ0v) is 13.2. The van der Waals surface area contributed by atoms with Gasteiger partial charge in [-0.25, -0.2) is 4.98 Å². The Bertz CT molecular complexity index is 605. The van der Waals surface area contributed by atoms with Gasteiger partial charge >= 0.3 is 0 Å². The van der Waals surface area contributed by atoms with Crippen molar-refractivity contribution < 1.29 is 0 Å². The van der Waals surface area contributed by atoms with Gasteiger partial charge in [-0.2, -0.15) is 0 Å². The molecule has 0 N–H and O–H groups in total. The van der Waals surface area contributed by atoms with Crippen molar-refractivity contribution in [1.29, 1.82) is 0 Å². The summed E-state index contributed by atoms with van der Waals surface area (Å²) in [5.74, 6) is 0.586. The van der Waals surface area contributed by atoms with Crippen molar-refractivity contribution in [1.82, 2.24) is 9.88 Å². The minimum Gasteiger partial charge on any atom is -0.301 e. The van der Waals surface area contributed by atoms with Crippen molar-refractivity contribution >= 4 is 33.2 Å². The normalized spacial score (nSPS) is 23.9. The Morgan fingerprint density at radius 3 is 2.95 bits per heavy atom. The van der Waals surface area contributed by atoms with Crippen LogP contribution in [0.25, 0.3) is 10.2 Å². The molecule has 2 nitrogen and oxygen atoms in total. The molecule has 0 amide bonds. The average molecular weight is 295 g/mol. The molecule has 1 aromatic carbocycles. The van der Waals surface area contributed by atoms with E-state index in [9.17, 15) is 0 Å². The van der Waals surface area contributed by atoms with Gasteiger partial charge in [0.2, 0.25) is 0 Å². The number of hydrogen-bond acceptors (Lipinski definition) is 3. The fourth-order valence-corrected chi connectivity index (χ4v) is 4.07. The van der Waals surface area contributed by atoms with Crippen molar-refractivity contribution in [2.45, 2.75) is 38.1 Å². The third-order valence-corrected chi connectivity index (χ3v) is 5.74. The van der Waals surface area contributed by atoms with Gasteiger partial charge in [0.15, 0.2) is 0 Å². The van der Waals surface area contributed by atoms with Gasteiger partial charge in [-0.15, -0.1) is 11.3 Å². The first-order valence-corrected chi connectivity index (χ1v) is 7.92. The maximum absolute atomic E-state index is 6.04. The summed E-state index contributed by atoms with van der Waals surface area (Å²) in [4.78, 5) is 7.26. The molecule has 102 valence electrons. The van der Waals surface area contributed by atoms with Crippen LogP contribution in [0.4, 0.5) is 0 Å². The smallest absolute Gasteiger partial charge is 0.0970 e. The Kier molecular flexibility index (Phi) is 3.32. The van der Waals surface area contributed by atoms with Crippen LogP contribution >= 0.6 is 22.9 Å². The van der Waals surface area contributed by atoms with E-state index in [1.165, 1.54) is 22.5 Å². The summed E-state index contributed by atoms with van der Waals surface area (Å²) in [5.41, 5.74) is 1.31. The predicted octanol–water partition coefficient (Wildman–Crippen LogP) is 4.54. The largest absolute Gasteiger partial charge is 0.301 e. The van der Waals surface area contributed by atoms with Gasteiger partial charge in [-0.1, -0.05) is 11.6 Å². The van der Waals surface area contributed by atoms with Gasteiger partial charge in [0.05, 0.1) is 15.2 Å². The molecule has 2 heterocycles. The molecule has 1 aliphatic rings. The van der Waals surface area contributed by atoms with E-state index >= 15 is 0 Å². The van der Waals surface area contributed by atoms with Crippen LogP contribution in [0, 0.1) is 0 Å². The number of rotatable bonds is 1. The van der Waals surface area contributed by atoms with E-state index in [4.69, 9.17) is 16.6 Å². The lowest BCUT2D eigenvalue weighted by atomic mass is 9.83. The molecule has 1 saturated heterocycles. The third kappa shape index (κ3) is 2.51. The highest BCUT2D eigenvalue weighted by Crippen LogP contribution is 2.39. The third-order valence-electron chi connectivity index (χ3n) is 4.31. The first-order chi connectivity index (χ1) is 8.95. The zero-order chi connectivity index (χ0) is 13.6. The van der Waals surface area contributed by atoms with Gasteiger partial charge in [0.25, 0.3) is 0 Å². The van der Waals surface area contributed by atoms with E-state index < -0.39 is 0 Å². The second-order valence-electron chi connectivity index (χ2n) is 6.09. The van der Waals surface area contributed by atoms with Crippen LogP contribution in [0.5, 0.6) is 0 Å². The van der Waals surface area contributed by atoms with Crippen molar-refractivity contribution in [2.24, 2.45) is 0 Å². The number of aromatic nitrogens is 1. The number of nitrogens with zero attached hydrogens (tertiary/aromatic N) is 2. The summed E-state index contributed by atoms with van der Waals surface area (Å²) in [6, 6.07) is 6.00. The summed E-state index contributed by atoms with van der Waals surface area (Å²) in [6.45, 7) is 5.79. The molecule has 1 aliphatic heterocycles. The lowest BCUT2D eigenvalue weighted by molar-refractivity contribution is 0.0942. The summed E-state index contributed by atoms with van der Waals surface area (Å²) >= 11 is 7.86. The topological polar surface area (TPSA) is 16.1 Å². The minimum absolute atomic E-state index is 0.262. The lowest BCUT2D eigenvalue weighted by Crippen LogP contribution is -2.46. The van der Waals surface area contributed by atoms with Gasteiger partial charge in [0.1, 0.15) is 0 Å². The quantitative estimate of drug-likeness (QED) is 0.768. The molecule has 2 aromatic rings. The van der Waals surface area contributed by atoms with E-state index in [0.29, 0.717) is 5.92 Å². The maximum Gasteiger partial charge on any atom is 0.0970 e. The number of hydrogen-bond donors (Lipinski definition) is 0. The Labute approximate surface area is 123 Å². The molecule has 0 spiro atoms. The molecule has 1 atom stereocenters. The number of benzene rings is 1. The second kappa shape index (κ2) is 4.72. The SMILES string of the molecule is CN1CCC(c2nc3cc(Cl)ccc3s2)CC1(C)C. The van der Waals surface area contributed by atoms with Crippen LogP contribution in [0.2, 0.25) is 5.02 Å². The number of halogens is 1. The van der Waals surface area contributed by atoms with Crippen molar-refractivity contribution in [3.63, 3.8) is 0 Å². The van der Waals surface area contributed by atoms with E-state index in [0.717, 1.165) is 17.1 Å². The van der Waals surface area contributed by atoms with Crippen LogP contribution < -0.4 is 0 Å². The van der Waals surface area contributed by atoms with E-state index in [-0.39, 0.29) is 5.54 Å². The minimum atomic E-state index is 0.262. The molecular weight excluding hydrogens is 276 g/mol. The highest BCUT2D eigenvalue weighted by Gasteiger charge is 2.34. The molecule has 1 aromatic heterocycles. The van der Waals surface area contributed by atoms with Crippen LogP contribution in [0.15, 0.2) is 18.2 Å². The van der Waals surface area contributed by atoms with Gasteiger partial charge in [-0.05, 0) is 58.5 Å². The Hall–Kier alpha value is -0.640. The molecular formula is C15H19ClN2S. The maximum atomic E-state index is 6.04. The van der Waals surface area contributed by atoms with Crippen LogP contribution in [0.3, 0.4) is 0 Å². The Balaban J connectivity index is 1.92. The summed E-state index contributed by atoms with van der Waals surface area (Å²) < 4.78 is 1.25. The van der Waals surface area contributed by atoms with E-state index in [1.807, 2.05) is 23.5 Å². The number of fused-ring (bicyclic) bond motifs is 1. The molecule has 0 bridgehead atoms. The summed E-state index contributed by atoms with van der Waals surface area (Å²) in [6.07, 6.45) is 2.38. The first-order valence-electron chi connectivity index (χ1n) is 6.73. The molecule has 3 rings (SSSR count). The predicted molar refractivity (Wildman–Crippen MR) is 83.3 cm³/mol. The van der Waals surface area contributed by atoms with Crippen molar-refractivity contribution in [3.8, 4) is 0 Å². The molecule has 1 unspecified atom stereocenters. The van der Waals surface area contributed by atoms with E-state index in [2.05, 4.69) is 31.9 Å². The fourth-order valence-electron chi connectivity index (χ4n) is 2.82. The van der Waals surface area contributed by atoms with Gasteiger partial charge < -0.3 is 4.90 Å². The standard InChI is InChI=1S/C15H19ClN2S/c1-15(2)9-10(6-7-18(15)3)14-17-12-8-11(16)4-5-13(12)19-14/h4-5,8,10H,6-7,9H2,1-3H3. The highest BCUT2D eigenvalue weighted by molar-refractivity contribution is 7.18. The average Bonchev–Trinajstić information content (AvgIpc) is 2.75. The Morgan fingerprint density at radius 2 is 2.21 bits per heavy atom. The number of likely N-dealkylation sites (tertiary alicyclic amines) is 1. The second-order valence-corrected chi connectivity index (χ2v) is 7.59. The Morgan fingerprint density at radius 1 is 1.42 bits per heavy atom. The monoisotopic (exact) mass is 294 g/mol. The molecule has 0 aliphatic carbocycles. The molecule has 19 heavy (non-hydrogen) atoms. The number of piperidine rings is 1. The fraction of sp³-hybridized carbons (Fsp3) is 0.533. The number of thiazole rings is 1. The first kappa shape index (κ1) is 13.3. The lowest BCUT2D eigenvalue weighted by Gasteiger charge is -2.43. The van der Waals surface area contributed by atoms with Crippen molar-refractivity contribution in [2.75, 3.05) is 13.6 Å². The molecule has 1 fully saturated rings. The van der Waals surface area contributed by atoms with Gasteiger partial charge in [0, 0.05) is 16.5 Å². The zero-order valence-electron chi connectivity index (χ0n) is 11.6. The van der Waals surface area contributed by atoms with Crippen LogP contribution in [0.1, 0.15) is 37.6 Å². The summed E-state index contributed by atoms with van der Waals surface area (Å²) in [7, 11) is 2.22. The van der Waals surface area contributed by atoms with Crippen LogP contribution in [-0.4, -0.2) is 29.0 Å². The summed E-state index contributed by atoms with van der Waals surface area (Å²) in [5, 5.41) is 2.05. The van der Waals surface area contributed by atoms with Crippen molar-refractivity contribution in [3.05, 3.63) is 28.2 Å². The van der Waals surface area contributed by atoms with Crippen LogP contribution in [-0.2, 0) is 0 Å².